The van der Waals surface area contributed by atoms with Gasteiger partial charge in [-0.1, -0.05) is 52.0 Å². The number of hydrogen-bond donors (Lipinski definition) is 1. The van der Waals surface area contributed by atoms with Crippen LogP contribution >= 0.6 is 0 Å². The number of carbonyl (C=O) groups is 1. The third kappa shape index (κ3) is 2.88. The fourth-order valence-electron chi connectivity index (χ4n) is 3.10. The summed E-state index contributed by atoms with van der Waals surface area (Å²) in [6.45, 7) is 9.15. The summed E-state index contributed by atoms with van der Waals surface area (Å²) < 4.78 is 0. The van der Waals surface area contributed by atoms with Crippen molar-refractivity contribution in [1.29, 1.82) is 0 Å². The van der Waals surface area contributed by atoms with Crippen LogP contribution in [0.4, 0.5) is 0 Å². The Balaban J connectivity index is 2.26. The van der Waals surface area contributed by atoms with Crippen molar-refractivity contribution in [2.24, 2.45) is 5.92 Å². The van der Waals surface area contributed by atoms with Gasteiger partial charge in [0.05, 0.1) is 6.54 Å². The van der Waals surface area contributed by atoms with E-state index in [1.807, 2.05) is 4.90 Å². The zero-order valence-corrected chi connectivity index (χ0v) is 13.0. The summed E-state index contributed by atoms with van der Waals surface area (Å²) in [5.41, 5.74) is 2.52. The van der Waals surface area contributed by atoms with Gasteiger partial charge in [-0.2, -0.15) is 0 Å². The molecule has 1 aliphatic heterocycles. The van der Waals surface area contributed by atoms with Crippen LogP contribution in [0.5, 0.6) is 0 Å². The highest BCUT2D eigenvalue weighted by Crippen LogP contribution is 2.29. The first-order chi connectivity index (χ1) is 9.58. The molecule has 1 aliphatic rings. The van der Waals surface area contributed by atoms with Crippen LogP contribution in [0.15, 0.2) is 24.3 Å². The molecule has 0 aliphatic carbocycles. The Morgan fingerprint density at radius 3 is 2.40 bits per heavy atom. The molecule has 0 radical (unpaired) electrons. The second kappa shape index (κ2) is 6.40. The Morgan fingerprint density at radius 1 is 1.25 bits per heavy atom. The van der Waals surface area contributed by atoms with Crippen molar-refractivity contribution in [1.82, 2.24) is 10.2 Å². The van der Waals surface area contributed by atoms with Gasteiger partial charge in [0.15, 0.2) is 0 Å². The largest absolute Gasteiger partial charge is 0.319 e. The van der Waals surface area contributed by atoms with Gasteiger partial charge in [0.2, 0.25) is 5.91 Å². The van der Waals surface area contributed by atoms with Gasteiger partial charge < -0.3 is 4.90 Å². The lowest BCUT2D eigenvalue weighted by Crippen LogP contribution is -2.42. The zero-order valence-electron chi connectivity index (χ0n) is 13.0. The van der Waals surface area contributed by atoms with Crippen LogP contribution < -0.4 is 5.32 Å². The Bertz CT molecular complexity index is 453. The number of hydrogen-bond acceptors (Lipinski definition) is 2. The molecule has 0 aromatic heterocycles. The van der Waals surface area contributed by atoms with E-state index in [9.17, 15) is 4.79 Å². The van der Waals surface area contributed by atoms with Crippen LogP contribution in [0.25, 0.3) is 0 Å². The third-order valence-corrected chi connectivity index (χ3v) is 4.26. The van der Waals surface area contributed by atoms with Crippen LogP contribution in [0.2, 0.25) is 0 Å². The lowest BCUT2D eigenvalue weighted by Gasteiger charge is -2.35. The predicted octanol–water partition coefficient (Wildman–Crippen LogP) is 3.11. The third-order valence-electron chi connectivity index (χ3n) is 4.26. The summed E-state index contributed by atoms with van der Waals surface area (Å²) in [5, 5.41) is 3.36. The van der Waals surface area contributed by atoms with Crippen molar-refractivity contribution in [3.05, 3.63) is 35.4 Å². The predicted molar refractivity (Wildman–Crippen MR) is 82.3 cm³/mol. The fraction of sp³-hybridized carbons (Fsp3) is 0.588. The van der Waals surface area contributed by atoms with Crippen molar-refractivity contribution in [3.8, 4) is 0 Å². The monoisotopic (exact) mass is 274 g/mol. The molecule has 0 bridgehead atoms. The van der Waals surface area contributed by atoms with Gasteiger partial charge in [-0.25, -0.2) is 0 Å². The Kier molecular flexibility index (Phi) is 4.81. The number of amides is 1. The van der Waals surface area contributed by atoms with E-state index < -0.39 is 0 Å². The van der Waals surface area contributed by atoms with Crippen molar-refractivity contribution < 1.29 is 4.79 Å². The fourth-order valence-corrected chi connectivity index (χ4v) is 3.10. The molecule has 0 spiro atoms. The average Bonchev–Trinajstić information content (AvgIpc) is 2.82. The lowest BCUT2D eigenvalue weighted by atomic mass is 9.98. The second-order valence-corrected chi connectivity index (χ2v) is 5.90. The minimum atomic E-state index is 0.0285. The lowest BCUT2D eigenvalue weighted by molar-refractivity contribution is -0.131. The van der Waals surface area contributed by atoms with E-state index in [1.54, 1.807) is 0 Å². The van der Waals surface area contributed by atoms with Crippen LogP contribution in [-0.4, -0.2) is 23.4 Å². The van der Waals surface area contributed by atoms with Gasteiger partial charge in [-0.05, 0) is 29.9 Å². The number of nitrogens with one attached hydrogen (secondary N) is 1. The van der Waals surface area contributed by atoms with E-state index in [2.05, 4.69) is 57.3 Å². The molecule has 0 saturated carbocycles. The van der Waals surface area contributed by atoms with Gasteiger partial charge in [0.1, 0.15) is 6.17 Å². The highest BCUT2D eigenvalue weighted by Gasteiger charge is 2.37. The van der Waals surface area contributed by atoms with Crippen molar-refractivity contribution in [3.63, 3.8) is 0 Å². The minimum absolute atomic E-state index is 0.0285. The van der Waals surface area contributed by atoms with Gasteiger partial charge in [-0.3, -0.25) is 10.1 Å². The first-order valence-electron chi connectivity index (χ1n) is 7.71. The molecule has 2 unspecified atom stereocenters. The van der Waals surface area contributed by atoms with Crippen LogP contribution in [0, 0.1) is 5.92 Å². The van der Waals surface area contributed by atoms with Crippen molar-refractivity contribution in [2.75, 3.05) is 6.54 Å². The molecule has 1 heterocycles. The number of rotatable bonds is 5. The topological polar surface area (TPSA) is 32.3 Å². The molecule has 1 N–H and O–H groups in total. The van der Waals surface area contributed by atoms with E-state index in [-0.39, 0.29) is 12.1 Å². The molecule has 110 valence electrons. The SMILES string of the molecule is CCc1ccc(C2NCC(=O)N2C(CC)C(C)C)cc1. The molecule has 1 amide bonds. The molecule has 2 rings (SSSR count). The molecule has 1 aromatic rings. The van der Waals surface area contributed by atoms with E-state index in [4.69, 9.17) is 0 Å². The molecule has 20 heavy (non-hydrogen) atoms. The van der Waals surface area contributed by atoms with Gasteiger partial charge in [0.25, 0.3) is 0 Å². The van der Waals surface area contributed by atoms with E-state index in [1.165, 1.54) is 11.1 Å². The molecular weight excluding hydrogens is 248 g/mol. The smallest absolute Gasteiger partial charge is 0.238 e. The summed E-state index contributed by atoms with van der Waals surface area (Å²) >= 11 is 0. The van der Waals surface area contributed by atoms with Crippen molar-refractivity contribution in [2.45, 2.75) is 52.7 Å². The van der Waals surface area contributed by atoms with Gasteiger partial charge >= 0.3 is 0 Å². The minimum Gasteiger partial charge on any atom is -0.319 e. The number of carbonyl (C=O) groups excluding carboxylic acids is 1. The number of nitrogens with zero attached hydrogens (tertiary/aromatic N) is 1. The summed E-state index contributed by atoms with van der Waals surface area (Å²) in [7, 11) is 0. The standard InChI is InChI=1S/C17H26N2O/c1-5-13-7-9-14(10-8-13)17-18-11-16(20)19(17)15(6-2)12(3)4/h7-10,12,15,17-18H,5-6,11H2,1-4H3. The highest BCUT2D eigenvalue weighted by molar-refractivity contribution is 5.81. The number of benzene rings is 1. The maximum atomic E-state index is 12.2. The zero-order chi connectivity index (χ0) is 14.7. The Morgan fingerprint density at radius 2 is 1.90 bits per heavy atom. The molecule has 1 fully saturated rings. The molecule has 1 saturated heterocycles. The highest BCUT2D eigenvalue weighted by atomic mass is 16.2. The van der Waals surface area contributed by atoms with Crippen LogP contribution in [0.1, 0.15) is 51.4 Å². The molecule has 1 aromatic carbocycles. The van der Waals surface area contributed by atoms with Crippen LogP contribution in [0.3, 0.4) is 0 Å². The summed E-state index contributed by atoms with van der Waals surface area (Å²) in [6.07, 6.45) is 2.07. The second-order valence-electron chi connectivity index (χ2n) is 5.90. The molecule has 2 atom stereocenters. The maximum Gasteiger partial charge on any atom is 0.238 e. The first kappa shape index (κ1) is 15.0. The van der Waals surface area contributed by atoms with E-state index in [0.717, 1.165) is 12.8 Å². The normalized spacial score (nSPS) is 20.8. The Labute approximate surface area is 122 Å². The first-order valence-corrected chi connectivity index (χ1v) is 7.71. The van der Waals surface area contributed by atoms with E-state index >= 15 is 0 Å². The van der Waals surface area contributed by atoms with Crippen LogP contribution in [-0.2, 0) is 11.2 Å². The summed E-state index contributed by atoms with van der Waals surface area (Å²) in [5.74, 6) is 0.691. The number of aryl methyl sites for hydroxylation is 1. The van der Waals surface area contributed by atoms with Gasteiger partial charge in [-0.15, -0.1) is 0 Å². The average molecular weight is 274 g/mol. The quantitative estimate of drug-likeness (QED) is 0.894. The van der Waals surface area contributed by atoms with Gasteiger partial charge in [0, 0.05) is 6.04 Å². The summed E-state index contributed by atoms with van der Waals surface area (Å²) in [4.78, 5) is 14.3. The molecule has 3 nitrogen and oxygen atoms in total. The molecule has 3 heteroatoms. The van der Waals surface area contributed by atoms with E-state index in [0.29, 0.717) is 18.5 Å². The molecular formula is C17H26N2O. The maximum absolute atomic E-state index is 12.2. The van der Waals surface area contributed by atoms with Crippen molar-refractivity contribution >= 4 is 5.91 Å². The summed E-state index contributed by atoms with van der Waals surface area (Å²) in [6, 6.07) is 8.92. The Hall–Kier alpha value is -1.35.